The molecule has 2 heterocycles. The molecule has 3 rings (SSSR count). The lowest BCUT2D eigenvalue weighted by Crippen LogP contribution is -2.37. The molecule has 2 aliphatic rings. The van der Waals surface area contributed by atoms with Gasteiger partial charge in [-0.2, -0.15) is 8.42 Å². The van der Waals surface area contributed by atoms with Gasteiger partial charge in [0, 0.05) is 31.6 Å². The zero-order valence-corrected chi connectivity index (χ0v) is 20.4. The Labute approximate surface area is 203 Å². The maximum atomic E-state index is 12.8. The Kier molecular flexibility index (Phi) is 8.54. The molecule has 0 aromatic heterocycles. The van der Waals surface area contributed by atoms with Crippen LogP contribution in [0.3, 0.4) is 0 Å². The first-order chi connectivity index (χ1) is 15.6. The predicted molar refractivity (Wildman–Crippen MR) is 127 cm³/mol. The number of hydrogen-bond donors (Lipinski definition) is 2. The number of benzene rings is 1. The number of hydrogen-bond acceptors (Lipinski definition) is 8. The molecule has 2 N–H and O–H groups in total. The molecule has 1 saturated heterocycles. The van der Waals surface area contributed by atoms with Crippen molar-refractivity contribution in [1.82, 2.24) is 9.80 Å². The molecule has 2 aliphatic heterocycles. The average molecular weight is 520 g/mol. The van der Waals surface area contributed by atoms with Gasteiger partial charge in [0.25, 0.3) is 16.0 Å². The minimum atomic E-state index is -4.10. The number of fused-ring (bicyclic) bond motifs is 1. The van der Waals surface area contributed by atoms with E-state index in [4.69, 9.17) is 43.0 Å². The van der Waals surface area contributed by atoms with E-state index >= 15 is 0 Å². The van der Waals surface area contributed by atoms with E-state index in [9.17, 15) is 13.2 Å². The number of amides is 1. The Hall–Kier alpha value is -1.96. The number of rotatable bonds is 11. The van der Waals surface area contributed by atoms with Crippen molar-refractivity contribution < 1.29 is 32.3 Å². The second-order valence-corrected chi connectivity index (χ2v) is 9.88. The number of aliphatic hydroxyl groups is 1. The van der Waals surface area contributed by atoms with Crippen molar-refractivity contribution in [3.63, 3.8) is 0 Å². The van der Waals surface area contributed by atoms with Crippen LogP contribution in [0.15, 0.2) is 30.2 Å². The minimum Gasteiger partial charge on any atom is -0.439 e. The van der Waals surface area contributed by atoms with Gasteiger partial charge >= 0.3 is 0 Å². The number of halogens is 1. The Bertz CT molecular complexity index is 1030. The van der Waals surface area contributed by atoms with Gasteiger partial charge in [-0.15, -0.1) is 0 Å². The second kappa shape index (κ2) is 11.0. The van der Waals surface area contributed by atoms with Gasteiger partial charge in [-0.05, 0) is 42.9 Å². The molecule has 1 aromatic carbocycles. The average Bonchev–Trinajstić information content (AvgIpc) is 3.18. The van der Waals surface area contributed by atoms with Gasteiger partial charge in [-0.1, -0.05) is 11.6 Å². The first-order valence-electron chi connectivity index (χ1n) is 10.3. The SMILES string of the molecule is CN1C(=O)C(CC=C2Oc3ccc(Cl)cc3N2CCCS(=O)(=O)O)N(CCOCCO)C1=S. The molecule has 1 unspecified atom stereocenters. The Morgan fingerprint density at radius 3 is 2.76 bits per heavy atom. The highest BCUT2D eigenvalue weighted by molar-refractivity contribution is 7.85. The molecule has 1 aromatic rings. The summed E-state index contributed by atoms with van der Waals surface area (Å²) < 4.78 is 42.6. The van der Waals surface area contributed by atoms with Gasteiger partial charge in [-0.3, -0.25) is 14.2 Å². The Morgan fingerprint density at radius 2 is 2.06 bits per heavy atom. The van der Waals surface area contributed by atoms with Crippen LogP contribution in [0.2, 0.25) is 5.02 Å². The third kappa shape index (κ3) is 6.34. The molecule has 182 valence electrons. The van der Waals surface area contributed by atoms with Gasteiger partial charge in [0.1, 0.15) is 6.04 Å². The lowest BCUT2D eigenvalue weighted by Gasteiger charge is -2.23. The van der Waals surface area contributed by atoms with Crippen molar-refractivity contribution in [3.05, 3.63) is 35.2 Å². The number of carbonyl (C=O) groups excluding carboxylic acids is 1. The lowest BCUT2D eigenvalue weighted by atomic mass is 10.1. The van der Waals surface area contributed by atoms with E-state index in [2.05, 4.69) is 0 Å². The van der Waals surface area contributed by atoms with Gasteiger partial charge in [0.15, 0.2) is 16.7 Å². The quantitative estimate of drug-likeness (QED) is 0.253. The van der Waals surface area contributed by atoms with Crippen LogP contribution in [-0.4, -0.2) is 90.6 Å². The summed E-state index contributed by atoms with van der Waals surface area (Å²) in [6.45, 7) is 1.06. The molecule has 0 radical (unpaired) electrons. The van der Waals surface area contributed by atoms with Crippen LogP contribution in [0.4, 0.5) is 5.69 Å². The van der Waals surface area contributed by atoms with Crippen molar-refractivity contribution in [3.8, 4) is 5.75 Å². The van der Waals surface area contributed by atoms with Crippen LogP contribution in [0.25, 0.3) is 0 Å². The fourth-order valence-electron chi connectivity index (χ4n) is 3.66. The Morgan fingerprint density at radius 1 is 1.30 bits per heavy atom. The van der Waals surface area contributed by atoms with Crippen LogP contribution >= 0.6 is 23.8 Å². The van der Waals surface area contributed by atoms with Crippen LogP contribution in [0.5, 0.6) is 5.75 Å². The Balaban J connectivity index is 1.77. The largest absolute Gasteiger partial charge is 0.439 e. The minimum absolute atomic E-state index is 0.0891. The molecule has 0 aliphatic carbocycles. The molecular formula is C20H26ClN3O7S2. The number of nitrogens with zero attached hydrogens (tertiary/aromatic N) is 3. The summed E-state index contributed by atoms with van der Waals surface area (Å²) in [5.74, 6) is 0.439. The molecule has 10 nitrogen and oxygen atoms in total. The molecule has 0 spiro atoms. The summed E-state index contributed by atoms with van der Waals surface area (Å²) in [5.41, 5.74) is 0.670. The number of aliphatic hydroxyl groups excluding tert-OH is 1. The lowest BCUT2D eigenvalue weighted by molar-refractivity contribution is -0.127. The zero-order valence-electron chi connectivity index (χ0n) is 18.0. The molecule has 33 heavy (non-hydrogen) atoms. The standard InChI is InChI=1S/C20H26ClN3O7S2/c1-22-19(26)15(24(20(22)32)8-10-30-11-9-25)4-6-18-23(7-2-12-33(27,28)29)16-13-14(21)3-5-17(16)31-18/h3,5-6,13,15,25H,2,4,7-12H2,1H3,(H,27,28,29). The van der Waals surface area contributed by atoms with E-state index in [1.807, 2.05) is 0 Å². The first kappa shape index (κ1) is 25.7. The van der Waals surface area contributed by atoms with E-state index in [1.165, 1.54) is 4.90 Å². The maximum Gasteiger partial charge on any atom is 0.264 e. The molecule has 13 heteroatoms. The van der Waals surface area contributed by atoms with Gasteiger partial charge in [-0.25, -0.2) is 0 Å². The van der Waals surface area contributed by atoms with Crippen molar-refractivity contribution in [1.29, 1.82) is 0 Å². The third-order valence-corrected chi connectivity index (χ3v) is 6.78. The maximum absolute atomic E-state index is 12.8. The summed E-state index contributed by atoms with van der Waals surface area (Å²) >= 11 is 11.5. The number of likely N-dealkylation sites (N-methyl/N-ethyl adjacent to an activating group) is 1. The number of ether oxygens (including phenoxy) is 2. The molecular weight excluding hydrogens is 494 g/mol. The fraction of sp³-hybridized carbons (Fsp3) is 0.500. The fourth-order valence-corrected chi connectivity index (χ4v) is 4.63. The van der Waals surface area contributed by atoms with Crippen LogP contribution in [0.1, 0.15) is 12.8 Å². The third-order valence-electron chi connectivity index (χ3n) is 5.23. The van der Waals surface area contributed by atoms with Gasteiger partial charge in [0.2, 0.25) is 0 Å². The van der Waals surface area contributed by atoms with E-state index in [0.29, 0.717) is 40.6 Å². The summed E-state index contributed by atoms with van der Waals surface area (Å²) in [6.07, 6.45) is 2.21. The number of thiocarbonyl (C=S) groups is 1. The molecule has 1 fully saturated rings. The number of carbonyl (C=O) groups is 1. The highest BCUT2D eigenvalue weighted by Crippen LogP contribution is 2.41. The van der Waals surface area contributed by atoms with Gasteiger partial charge in [0.05, 0.1) is 31.3 Å². The first-order valence-corrected chi connectivity index (χ1v) is 12.7. The molecule has 0 saturated carbocycles. The van der Waals surface area contributed by atoms with E-state index < -0.39 is 21.9 Å². The predicted octanol–water partition coefficient (Wildman–Crippen LogP) is 1.48. The smallest absolute Gasteiger partial charge is 0.264 e. The van der Waals surface area contributed by atoms with Crippen molar-refractivity contribution in [2.45, 2.75) is 18.9 Å². The monoisotopic (exact) mass is 519 g/mol. The molecule has 1 amide bonds. The van der Waals surface area contributed by atoms with Crippen molar-refractivity contribution in [2.24, 2.45) is 0 Å². The van der Waals surface area contributed by atoms with E-state index in [0.717, 1.165) is 0 Å². The second-order valence-electron chi connectivity index (χ2n) is 7.51. The summed E-state index contributed by atoms with van der Waals surface area (Å²) in [4.78, 5) is 17.7. The zero-order chi connectivity index (χ0) is 24.2. The molecule has 1 atom stereocenters. The van der Waals surface area contributed by atoms with E-state index in [-0.39, 0.29) is 38.5 Å². The topological polar surface area (TPSA) is 120 Å². The summed E-state index contributed by atoms with van der Waals surface area (Å²) in [5, 5.41) is 9.75. The van der Waals surface area contributed by atoms with Crippen LogP contribution in [0, 0.1) is 0 Å². The summed E-state index contributed by atoms with van der Waals surface area (Å²) in [6, 6.07) is 4.55. The van der Waals surface area contributed by atoms with Crippen LogP contribution in [-0.2, 0) is 19.6 Å². The molecule has 0 bridgehead atoms. The highest BCUT2D eigenvalue weighted by atomic mass is 35.5. The van der Waals surface area contributed by atoms with Gasteiger partial charge < -0.3 is 24.4 Å². The summed E-state index contributed by atoms with van der Waals surface area (Å²) in [7, 11) is -2.48. The highest BCUT2D eigenvalue weighted by Gasteiger charge is 2.40. The normalized spacial score (nSPS) is 19.6. The number of anilines is 1. The van der Waals surface area contributed by atoms with Crippen molar-refractivity contribution in [2.75, 3.05) is 50.6 Å². The van der Waals surface area contributed by atoms with Crippen LogP contribution < -0.4 is 9.64 Å². The van der Waals surface area contributed by atoms with Crippen molar-refractivity contribution >= 4 is 50.6 Å². The van der Waals surface area contributed by atoms with E-state index in [1.54, 1.807) is 41.1 Å².